The van der Waals surface area contributed by atoms with Crippen LogP contribution in [0.15, 0.2) is 48.6 Å². The van der Waals surface area contributed by atoms with Gasteiger partial charge in [-0.1, -0.05) is 59.6 Å². The summed E-state index contributed by atoms with van der Waals surface area (Å²) in [6.45, 7) is 0. The van der Waals surface area contributed by atoms with Crippen molar-refractivity contribution >= 4 is 28.9 Å². The van der Waals surface area contributed by atoms with Gasteiger partial charge in [-0.25, -0.2) is 0 Å². The number of rotatable bonds is 2. The van der Waals surface area contributed by atoms with Gasteiger partial charge in [0.25, 0.3) is 0 Å². The highest BCUT2D eigenvalue weighted by molar-refractivity contribution is 6.42. The molecule has 2 aliphatic rings. The molecule has 0 saturated carbocycles. The fraction of sp³-hybridized carbons (Fsp3) is 0.263. The minimum absolute atomic E-state index is 0.116. The monoisotopic (exact) mass is 345 g/mol. The van der Waals surface area contributed by atoms with Crippen molar-refractivity contribution in [2.75, 3.05) is 12.4 Å². The van der Waals surface area contributed by atoms with E-state index in [1.54, 1.807) is 7.11 Å². The molecule has 0 spiro atoms. The molecular formula is C19H17Cl2NO. The van der Waals surface area contributed by atoms with E-state index < -0.39 is 0 Å². The highest BCUT2D eigenvalue weighted by atomic mass is 35.5. The van der Waals surface area contributed by atoms with Gasteiger partial charge in [0.2, 0.25) is 0 Å². The van der Waals surface area contributed by atoms with E-state index >= 15 is 0 Å². The number of anilines is 1. The molecule has 2 aromatic rings. The Kier molecular flexibility index (Phi) is 3.74. The first-order valence-corrected chi connectivity index (χ1v) is 8.50. The molecule has 0 aromatic heterocycles. The zero-order chi connectivity index (χ0) is 16.0. The van der Waals surface area contributed by atoms with E-state index in [1.165, 1.54) is 5.56 Å². The molecule has 3 unspecified atom stereocenters. The Hall–Kier alpha value is -1.64. The maximum Gasteiger partial charge on any atom is 0.142 e. The molecule has 0 amide bonds. The fourth-order valence-electron chi connectivity index (χ4n) is 3.83. The number of methoxy groups -OCH3 is 1. The van der Waals surface area contributed by atoms with E-state index in [9.17, 15) is 0 Å². The summed E-state index contributed by atoms with van der Waals surface area (Å²) in [5, 5.41) is 4.90. The zero-order valence-corrected chi connectivity index (χ0v) is 14.2. The third-order valence-electron chi connectivity index (χ3n) is 4.89. The standard InChI is InChI=1S/C19H17Cl2NO/c1-23-16-10-4-7-13-11-5-2-6-12(11)18(22-19(13)16)14-8-3-9-15(20)17(14)21/h2-5,7-12,18,22H,6H2,1H3. The average molecular weight is 346 g/mol. The molecule has 0 fully saturated rings. The van der Waals surface area contributed by atoms with Crippen LogP contribution in [0.5, 0.6) is 5.75 Å². The van der Waals surface area contributed by atoms with Crippen LogP contribution in [-0.2, 0) is 0 Å². The second kappa shape index (κ2) is 5.77. The number of hydrogen-bond acceptors (Lipinski definition) is 2. The van der Waals surface area contributed by atoms with Gasteiger partial charge in [0.1, 0.15) is 5.75 Å². The van der Waals surface area contributed by atoms with Crippen LogP contribution in [0.25, 0.3) is 0 Å². The van der Waals surface area contributed by atoms with Crippen molar-refractivity contribution in [2.24, 2.45) is 5.92 Å². The van der Waals surface area contributed by atoms with E-state index in [2.05, 4.69) is 35.7 Å². The highest BCUT2D eigenvalue weighted by Crippen LogP contribution is 2.53. The number of allylic oxidation sites excluding steroid dienone is 2. The van der Waals surface area contributed by atoms with Crippen LogP contribution in [0.3, 0.4) is 0 Å². The van der Waals surface area contributed by atoms with E-state index in [1.807, 2.05) is 18.2 Å². The quantitative estimate of drug-likeness (QED) is 0.691. The summed E-state index contributed by atoms with van der Waals surface area (Å²) in [6.07, 6.45) is 5.59. The Morgan fingerprint density at radius 3 is 2.70 bits per heavy atom. The molecule has 1 N–H and O–H groups in total. The van der Waals surface area contributed by atoms with Gasteiger partial charge >= 0.3 is 0 Å². The summed E-state index contributed by atoms with van der Waals surface area (Å²) < 4.78 is 5.55. The Morgan fingerprint density at radius 1 is 1.09 bits per heavy atom. The second-order valence-corrected chi connectivity index (χ2v) is 6.83. The Bertz CT molecular complexity index is 787. The predicted molar refractivity (Wildman–Crippen MR) is 95.8 cm³/mol. The molecule has 0 saturated heterocycles. The third kappa shape index (κ3) is 2.32. The Morgan fingerprint density at radius 2 is 1.87 bits per heavy atom. The topological polar surface area (TPSA) is 21.3 Å². The van der Waals surface area contributed by atoms with Crippen LogP contribution in [-0.4, -0.2) is 7.11 Å². The summed E-state index contributed by atoms with van der Waals surface area (Å²) in [4.78, 5) is 0. The number of ether oxygens (including phenoxy) is 1. The van der Waals surface area contributed by atoms with Gasteiger partial charge in [-0.2, -0.15) is 0 Å². The zero-order valence-electron chi connectivity index (χ0n) is 12.7. The molecule has 4 heteroatoms. The molecule has 0 radical (unpaired) electrons. The summed E-state index contributed by atoms with van der Waals surface area (Å²) in [5.41, 5.74) is 3.40. The van der Waals surface area contributed by atoms with Crippen molar-refractivity contribution in [3.8, 4) is 5.75 Å². The number of para-hydroxylation sites is 1. The Labute approximate surface area is 146 Å². The molecule has 4 rings (SSSR count). The minimum atomic E-state index is 0.116. The normalized spacial score (nSPS) is 24.7. The van der Waals surface area contributed by atoms with Gasteiger partial charge in [-0.05, 0) is 35.6 Å². The largest absolute Gasteiger partial charge is 0.495 e. The average Bonchev–Trinajstić information content (AvgIpc) is 3.06. The minimum Gasteiger partial charge on any atom is -0.495 e. The molecule has 1 aliphatic carbocycles. The molecular weight excluding hydrogens is 329 g/mol. The first-order chi connectivity index (χ1) is 11.2. The number of hydrogen-bond donors (Lipinski definition) is 1. The van der Waals surface area contributed by atoms with Gasteiger partial charge in [-0.3, -0.25) is 0 Å². The van der Waals surface area contributed by atoms with Crippen LogP contribution in [0.4, 0.5) is 5.69 Å². The lowest BCUT2D eigenvalue weighted by Gasteiger charge is -2.38. The first-order valence-electron chi connectivity index (χ1n) is 7.74. The molecule has 118 valence electrons. The van der Waals surface area contributed by atoms with Crippen LogP contribution < -0.4 is 10.1 Å². The van der Waals surface area contributed by atoms with Crippen molar-refractivity contribution in [3.05, 3.63) is 69.7 Å². The van der Waals surface area contributed by atoms with Crippen LogP contribution in [0, 0.1) is 5.92 Å². The molecule has 1 aliphatic heterocycles. The smallest absolute Gasteiger partial charge is 0.142 e. The molecule has 3 atom stereocenters. The van der Waals surface area contributed by atoms with Crippen molar-refractivity contribution in [1.29, 1.82) is 0 Å². The maximum atomic E-state index is 6.49. The number of fused-ring (bicyclic) bond motifs is 3. The lowest BCUT2D eigenvalue weighted by Crippen LogP contribution is -2.29. The van der Waals surface area contributed by atoms with Crippen molar-refractivity contribution in [1.82, 2.24) is 0 Å². The SMILES string of the molecule is COc1cccc2c1NC(c1cccc(Cl)c1Cl)C1CC=CC21. The van der Waals surface area contributed by atoms with Crippen LogP contribution in [0.2, 0.25) is 10.0 Å². The van der Waals surface area contributed by atoms with Gasteiger partial charge < -0.3 is 10.1 Å². The van der Waals surface area contributed by atoms with Crippen LogP contribution >= 0.6 is 23.2 Å². The van der Waals surface area contributed by atoms with Crippen molar-refractivity contribution in [2.45, 2.75) is 18.4 Å². The number of nitrogens with one attached hydrogen (secondary N) is 1. The van der Waals surface area contributed by atoms with Gasteiger partial charge in [0, 0.05) is 5.92 Å². The lowest BCUT2D eigenvalue weighted by atomic mass is 9.77. The first kappa shape index (κ1) is 14.9. The van der Waals surface area contributed by atoms with Gasteiger partial charge in [0.15, 0.2) is 0 Å². The summed E-state index contributed by atoms with van der Waals surface area (Å²) in [5.74, 6) is 1.68. The van der Waals surface area contributed by atoms with Crippen molar-refractivity contribution in [3.63, 3.8) is 0 Å². The second-order valence-electron chi connectivity index (χ2n) is 6.04. The van der Waals surface area contributed by atoms with Gasteiger partial charge in [-0.15, -0.1) is 0 Å². The predicted octanol–water partition coefficient (Wildman–Crippen LogP) is 5.83. The highest BCUT2D eigenvalue weighted by Gasteiger charge is 2.39. The summed E-state index contributed by atoms with van der Waals surface area (Å²) in [6, 6.07) is 12.2. The maximum absolute atomic E-state index is 6.49. The molecule has 0 bridgehead atoms. The van der Waals surface area contributed by atoms with E-state index in [0.717, 1.165) is 23.4 Å². The number of halogens is 2. The molecule has 1 heterocycles. The van der Waals surface area contributed by atoms with E-state index in [-0.39, 0.29) is 6.04 Å². The van der Waals surface area contributed by atoms with E-state index in [0.29, 0.717) is 21.9 Å². The van der Waals surface area contributed by atoms with E-state index in [4.69, 9.17) is 27.9 Å². The Balaban J connectivity index is 1.85. The summed E-state index contributed by atoms with van der Waals surface area (Å²) >= 11 is 12.7. The molecule has 2 aromatic carbocycles. The number of benzene rings is 2. The molecule has 2 nitrogen and oxygen atoms in total. The van der Waals surface area contributed by atoms with Crippen LogP contribution in [0.1, 0.15) is 29.5 Å². The lowest BCUT2D eigenvalue weighted by molar-refractivity contribution is 0.397. The van der Waals surface area contributed by atoms with Gasteiger partial charge in [0.05, 0.1) is 28.9 Å². The summed E-state index contributed by atoms with van der Waals surface area (Å²) in [7, 11) is 1.70. The molecule has 23 heavy (non-hydrogen) atoms. The fourth-order valence-corrected chi connectivity index (χ4v) is 4.26. The third-order valence-corrected chi connectivity index (χ3v) is 5.73. The van der Waals surface area contributed by atoms with Crippen molar-refractivity contribution < 1.29 is 4.74 Å².